The minimum Gasteiger partial charge on any atom is -0.450 e. The number of carbonyl (C=O) groups excluding carboxylic acids is 2. The second-order valence-electron chi connectivity index (χ2n) is 8.07. The van der Waals surface area contributed by atoms with Gasteiger partial charge in [-0.2, -0.15) is 0 Å². The van der Waals surface area contributed by atoms with Gasteiger partial charge in [0, 0.05) is 38.4 Å². The third-order valence-electron chi connectivity index (χ3n) is 5.98. The summed E-state index contributed by atoms with van der Waals surface area (Å²) in [6.07, 6.45) is 3.71. The van der Waals surface area contributed by atoms with E-state index in [1.165, 1.54) is 16.2 Å². The topological polar surface area (TPSA) is 87.5 Å². The molecule has 180 valence electrons. The maximum atomic E-state index is 13.5. The maximum Gasteiger partial charge on any atom is 0.409 e. The van der Waals surface area contributed by atoms with Crippen LogP contribution in [0.5, 0.6) is 0 Å². The minimum absolute atomic E-state index is 0.0235. The molecular formula is C23H27N5O4S2. The summed E-state index contributed by atoms with van der Waals surface area (Å²) in [5, 5.41) is 0. The van der Waals surface area contributed by atoms with E-state index in [4.69, 9.17) is 21.9 Å². The monoisotopic (exact) mass is 501 g/mol. The predicted molar refractivity (Wildman–Crippen MR) is 137 cm³/mol. The molecule has 2 aromatic heterocycles. The first-order valence-corrected chi connectivity index (χ1v) is 12.5. The molecule has 4 rings (SSSR count). The van der Waals surface area contributed by atoms with Gasteiger partial charge in [0.2, 0.25) is 0 Å². The Morgan fingerprint density at radius 2 is 1.97 bits per heavy atom. The highest BCUT2D eigenvalue weighted by molar-refractivity contribution is 8.26. The largest absolute Gasteiger partial charge is 0.450 e. The second-order valence-corrected chi connectivity index (χ2v) is 9.74. The number of piperazine rings is 1. The van der Waals surface area contributed by atoms with E-state index in [1.807, 2.05) is 24.8 Å². The molecule has 0 bridgehead atoms. The van der Waals surface area contributed by atoms with E-state index in [0.717, 1.165) is 6.42 Å². The summed E-state index contributed by atoms with van der Waals surface area (Å²) in [4.78, 5) is 49.1. The molecule has 34 heavy (non-hydrogen) atoms. The molecule has 0 spiro atoms. The summed E-state index contributed by atoms with van der Waals surface area (Å²) >= 11 is 6.65. The number of carbonyl (C=O) groups is 2. The van der Waals surface area contributed by atoms with Crippen LogP contribution in [0.15, 0.2) is 34.1 Å². The zero-order valence-corrected chi connectivity index (χ0v) is 21.0. The highest BCUT2D eigenvalue weighted by Crippen LogP contribution is 2.35. The minimum atomic E-state index is -0.345. The number of hydrogen-bond donors (Lipinski definition) is 0. The van der Waals surface area contributed by atoms with Crippen LogP contribution in [0.25, 0.3) is 11.7 Å². The van der Waals surface area contributed by atoms with Crippen LogP contribution in [0.1, 0.15) is 32.8 Å². The van der Waals surface area contributed by atoms with Gasteiger partial charge in [-0.25, -0.2) is 9.78 Å². The van der Waals surface area contributed by atoms with E-state index in [9.17, 15) is 14.4 Å². The van der Waals surface area contributed by atoms with Gasteiger partial charge in [-0.1, -0.05) is 37.0 Å². The number of rotatable bonds is 5. The molecule has 11 heteroatoms. The zero-order chi connectivity index (χ0) is 24.4. The van der Waals surface area contributed by atoms with Crippen LogP contribution in [-0.2, 0) is 9.53 Å². The molecule has 0 radical (unpaired) electrons. The van der Waals surface area contributed by atoms with Crippen LogP contribution in [0, 0.1) is 0 Å². The number of aromatic nitrogens is 2. The lowest BCUT2D eigenvalue weighted by Gasteiger charge is -2.35. The lowest BCUT2D eigenvalue weighted by molar-refractivity contribution is -0.123. The van der Waals surface area contributed by atoms with Gasteiger partial charge in [0.05, 0.1) is 17.1 Å². The highest BCUT2D eigenvalue weighted by Gasteiger charge is 2.35. The number of nitrogens with zero attached hydrogens (tertiary/aromatic N) is 5. The standard InChI is InChI=1S/C23H27N5O4S2/c1-4-15(3)28-21(30)17(34-23(28)33)14-16-19(24-18-8-6-7-9-27(18)20(16)29)25-10-12-26(13-11-25)22(31)32-5-2/h6-9,14-15H,4-5,10-13H2,1-3H3/b17-14-/t15-/m1/s1. The number of hydrogen-bond acceptors (Lipinski definition) is 8. The van der Waals surface area contributed by atoms with E-state index in [0.29, 0.717) is 59.0 Å². The van der Waals surface area contributed by atoms with Gasteiger partial charge in [-0.05, 0) is 38.5 Å². The van der Waals surface area contributed by atoms with E-state index < -0.39 is 0 Å². The van der Waals surface area contributed by atoms with E-state index >= 15 is 0 Å². The van der Waals surface area contributed by atoms with E-state index in [1.54, 1.807) is 41.1 Å². The van der Waals surface area contributed by atoms with Crippen molar-refractivity contribution in [1.82, 2.24) is 19.2 Å². The zero-order valence-electron chi connectivity index (χ0n) is 19.4. The van der Waals surface area contributed by atoms with Gasteiger partial charge < -0.3 is 14.5 Å². The SMILES string of the molecule is CCOC(=O)N1CCN(c2nc3ccccn3c(=O)c2/C=C2\SC(=S)N([C@H](C)CC)C2=O)CC1. The molecule has 2 saturated heterocycles. The Balaban J connectivity index is 1.73. The first-order valence-electron chi connectivity index (χ1n) is 11.3. The fourth-order valence-electron chi connectivity index (χ4n) is 3.95. The fourth-order valence-corrected chi connectivity index (χ4v) is 5.39. The Hall–Kier alpha value is -2.92. The molecule has 2 aliphatic rings. The number of pyridine rings is 1. The average Bonchev–Trinajstić information content (AvgIpc) is 3.13. The lowest BCUT2D eigenvalue weighted by atomic mass is 10.2. The third-order valence-corrected chi connectivity index (χ3v) is 7.32. The molecule has 0 saturated carbocycles. The molecule has 2 aromatic rings. The Kier molecular flexibility index (Phi) is 7.22. The van der Waals surface area contributed by atoms with Gasteiger partial charge >= 0.3 is 6.09 Å². The van der Waals surface area contributed by atoms with Gasteiger partial charge in [0.25, 0.3) is 11.5 Å². The molecule has 2 aliphatic heterocycles. The Morgan fingerprint density at radius 3 is 2.65 bits per heavy atom. The van der Waals surface area contributed by atoms with Crippen LogP contribution in [0.4, 0.5) is 10.6 Å². The summed E-state index contributed by atoms with van der Waals surface area (Å²) in [7, 11) is 0. The Morgan fingerprint density at radius 1 is 1.24 bits per heavy atom. The van der Waals surface area contributed by atoms with Crippen molar-refractivity contribution in [2.45, 2.75) is 33.2 Å². The van der Waals surface area contributed by atoms with Crippen LogP contribution in [-0.4, -0.2) is 74.3 Å². The van der Waals surface area contributed by atoms with Gasteiger partial charge in [-0.3, -0.25) is 18.9 Å². The van der Waals surface area contributed by atoms with E-state index in [2.05, 4.69) is 0 Å². The normalized spacial score (nSPS) is 18.8. The molecule has 2 fully saturated rings. The van der Waals surface area contributed by atoms with E-state index in [-0.39, 0.29) is 23.6 Å². The Labute approximate surface area is 207 Å². The number of thiocarbonyl (C=S) groups is 1. The average molecular weight is 502 g/mol. The molecule has 2 amide bonds. The number of ether oxygens (including phenoxy) is 1. The quantitative estimate of drug-likeness (QED) is 0.457. The summed E-state index contributed by atoms with van der Waals surface area (Å²) < 4.78 is 7.07. The molecule has 0 N–H and O–H groups in total. The van der Waals surface area contributed by atoms with Crippen molar-refractivity contribution >= 4 is 57.8 Å². The van der Waals surface area contributed by atoms with Crippen molar-refractivity contribution in [1.29, 1.82) is 0 Å². The first kappa shape index (κ1) is 24.2. The number of fused-ring (bicyclic) bond motifs is 1. The number of amides is 2. The van der Waals surface area contributed by atoms with Crippen molar-refractivity contribution < 1.29 is 14.3 Å². The molecule has 0 unspecified atom stereocenters. The van der Waals surface area contributed by atoms with Crippen LogP contribution in [0.2, 0.25) is 0 Å². The first-order chi connectivity index (χ1) is 16.3. The lowest BCUT2D eigenvalue weighted by Crippen LogP contribution is -2.49. The van der Waals surface area contributed by atoms with Crippen molar-refractivity contribution in [3.63, 3.8) is 0 Å². The fraction of sp³-hybridized carbons (Fsp3) is 0.435. The molecular weight excluding hydrogens is 474 g/mol. The molecule has 4 heterocycles. The summed E-state index contributed by atoms with van der Waals surface area (Å²) in [5.41, 5.74) is 0.583. The molecule has 1 atom stereocenters. The van der Waals surface area contributed by atoms with Gasteiger partial charge in [0.15, 0.2) is 0 Å². The van der Waals surface area contributed by atoms with Crippen LogP contribution < -0.4 is 10.5 Å². The van der Waals surface area contributed by atoms with Crippen LogP contribution in [0.3, 0.4) is 0 Å². The summed E-state index contributed by atoms with van der Waals surface area (Å²) in [6, 6.07) is 5.33. The van der Waals surface area contributed by atoms with Crippen molar-refractivity contribution in [2.75, 3.05) is 37.7 Å². The number of thioether (sulfide) groups is 1. The third kappa shape index (κ3) is 4.54. The van der Waals surface area contributed by atoms with Crippen molar-refractivity contribution in [3.05, 3.63) is 45.2 Å². The summed E-state index contributed by atoms with van der Waals surface area (Å²) in [5.74, 6) is 0.300. The van der Waals surface area contributed by atoms with Crippen molar-refractivity contribution in [3.8, 4) is 0 Å². The van der Waals surface area contributed by atoms with Crippen LogP contribution >= 0.6 is 24.0 Å². The molecule has 9 nitrogen and oxygen atoms in total. The molecule has 0 aromatic carbocycles. The molecule has 0 aliphatic carbocycles. The second kappa shape index (κ2) is 10.1. The summed E-state index contributed by atoms with van der Waals surface area (Å²) in [6.45, 7) is 7.92. The van der Waals surface area contributed by atoms with Gasteiger partial charge in [0.1, 0.15) is 15.8 Å². The Bertz CT molecular complexity index is 1220. The number of anilines is 1. The van der Waals surface area contributed by atoms with Gasteiger partial charge in [-0.15, -0.1) is 0 Å². The highest BCUT2D eigenvalue weighted by atomic mass is 32.2. The maximum absolute atomic E-state index is 13.5. The van der Waals surface area contributed by atoms with Crippen molar-refractivity contribution in [2.24, 2.45) is 0 Å². The smallest absolute Gasteiger partial charge is 0.409 e. The predicted octanol–water partition coefficient (Wildman–Crippen LogP) is 2.97.